The van der Waals surface area contributed by atoms with Crippen molar-refractivity contribution in [2.45, 2.75) is 13.0 Å². The van der Waals surface area contributed by atoms with Crippen LogP contribution in [0, 0.1) is 5.92 Å². The van der Waals surface area contributed by atoms with Crippen LogP contribution in [0.1, 0.15) is 12.0 Å². The summed E-state index contributed by atoms with van der Waals surface area (Å²) >= 11 is 0. The summed E-state index contributed by atoms with van der Waals surface area (Å²) in [6.07, 6.45) is 2.34. The Morgan fingerprint density at radius 3 is 2.74 bits per heavy atom. The van der Waals surface area contributed by atoms with Crippen molar-refractivity contribution in [1.29, 1.82) is 0 Å². The third-order valence-electron chi connectivity index (χ3n) is 6.42. The molecule has 0 saturated carbocycles. The van der Waals surface area contributed by atoms with Crippen LogP contribution < -0.4 is 5.32 Å². The van der Waals surface area contributed by atoms with Crippen molar-refractivity contribution in [3.63, 3.8) is 0 Å². The van der Waals surface area contributed by atoms with E-state index in [9.17, 15) is 4.79 Å². The van der Waals surface area contributed by atoms with Crippen LogP contribution >= 0.6 is 0 Å². The van der Waals surface area contributed by atoms with E-state index < -0.39 is 0 Å². The third-order valence-corrected chi connectivity index (χ3v) is 6.42. The van der Waals surface area contributed by atoms with Gasteiger partial charge < -0.3 is 19.9 Å². The number of carbonyl (C=O) groups is 1. The Morgan fingerprint density at radius 1 is 1.09 bits per heavy atom. The van der Waals surface area contributed by atoms with E-state index in [2.05, 4.69) is 65.4 Å². The van der Waals surface area contributed by atoms with Crippen LogP contribution in [0.3, 0.4) is 0 Å². The molecule has 1 saturated heterocycles. The number of fused-ring (bicyclic) bond motifs is 1. The van der Waals surface area contributed by atoms with E-state index >= 15 is 0 Å². The van der Waals surface area contributed by atoms with Gasteiger partial charge in [-0.15, -0.1) is 0 Å². The molecule has 1 atom stereocenters. The number of rotatable bonds is 8. The fraction of sp³-hybridized carbons (Fsp3) is 0.241. The first-order valence-corrected chi connectivity index (χ1v) is 12.1. The van der Waals surface area contributed by atoms with Gasteiger partial charge in [0, 0.05) is 31.7 Å². The lowest BCUT2D eigenvalue weighted by Gasteiger charge is -2.16. The Bertz CT molecular complexity index is 1300. The Hall–Kier alpha value is -3.90. The number of para-hydroxylation sites is 2. The number of aromatic nitrogens is 2. The van der Waals surface area contributed by atoms with Crippen LogP contribution in [0.25, 0.3) is 33.5 Å². The van der Waals surface area contributed by atoms with Gasteiger partial charge in [-0.2, -0.15) is 0 Å². The van der Waals surface area contributed by atoms with Gasteiger partial charge in [-0.3, -0.25) is 0 Å². The average molecular weight is 467 g/mol. The third kappa shape index (κ3) is 5.44. The molecule has 6 heteroatoms. The van der Waals surface area contributed by atoms with Gasteiger partial charge in [0.15, 0.2) is 0 Å². The lowest BCUT2D eigenvalue weighted by atomic mass is 10.0. The van der Waals surface area contributed by atoms with Crippen LogP contribution in [0.2, 0.25) is 0 Å². The van der Waals surface area contributed by atoms with Crippen molar-refractivity contribution < 1.29 is 9.53 Å². The molecule has 6 nitrogen and oxygen atoms in total. The maximum Gasteiger partial charge on any atom is 0.410 e. The number of likely N-dealkylation sites (tertiary alicyclic amines) is 1. The number of nitrogens with zero attached hydrogens (tertiary/aromatic N) is 2. The summed E-state index contributed by atoms with van der Waals surface area (Å²) in [5.41, 5.74) is 6.66. The molecule has 2 heterocycles. The molecule has 1 aliphatic rings. The molecule has 1 unspecified atom stereocenters. The van der Waals surface area contributed by atoms with Crippen molar-refractivity contribution in [1.82, 2.24) is 20.2 Å². The average Bonchev–Trinajstić information content (AvgIpc) is 3.55. The minimum absolute atomic E-state index is 0.245. The maximum absolute atomic E-state index is 12.0. The predicted molar refractivity (Wildman–Crippen MR) is 140 cm³/mol. The lowest BCUT2D eigenvalue weighted by molar-refractivity contribution is 0.120. The monoisotopic (exact) mass is 466 g/mol. The second-order valence-electron chi connectivity index (χ2n) is 8.98. The molecule has 1 fully saturated rings. The van der Waals surface area contributed by atoms with E-state index in [1.54, 1.807) is 11.0 Å². The van der Waals surface area contributed by atoms with Gasteiger partial charge in [-0.25, -0.2) is 9.78 Å². The van der Waals surface area contributed by atoms with Crippen molar-refractivity contribution in [2.75, 3.05) is 26.2 Å². The van der Waals surface area contributed by atoms with Gasteiger partial charge in [0.2, 0.25) is 0 Å². The normalized spacial score (nSPS) is 15.4. The Morgan fingerprint density at radius 2 is 1.89 bits per heavy atom. The molecule has 0 bridgehead atoms. The minimum Gasteiger partial charge on any atom is -0.445 e. The zero-order valence-electron chi connectivity index (χ0n) is 19.7. The largest absolute Gasteiger partial charge is 0.445 e. The zero-order valence-corrected chi connectivity index (χ0v) is 19.7. The highest BCUT2D eigenvalue weighted by molar-refractivity contribution is 5.80. The first kappa shape index (κ1) is 22.9. The van der Waals surface area contributed by atoms with Crippen molar-refractivity contribution in [3.05, 3.63) is 91.0 Å². The van der Waals surface area contributed by atoms with Gasteiger partial charge in [0.1, 0.15) is 12.4 Å². The number of imidazole rings is 1. The first-order chi connectivity index (χ1) is 17.2. The van der Waals surface area contributed by atoms with Crippen LogP contribution in [0.15, 0.2) is 85.5 Å². The van der Waals surface area contributed by atoms with Crippen LogP contribution in [-0.2, 0) is 11.3 Å². The topological polar surface area (TPSA) is 70.2 Å². The van der Waals surface area contributed by atoms with E-state index in [4.69, 9.17) is 9.72 Å². The highest BCUT2D eigenvalue weighted by Crippen LogP contribution is 2.27. The first-order valence-electron chi connectivity index (χ1n) is 12.1. The van der Waals surface area contributed by atoms with E-state index in [0.717, 1.165) is 60.6 Å². The molecule has 1 aromatic heterocycles. The van der Waals surface area contributed by atoms with Gasteiger partial charge >= 0.3 is 6.09 Å². The summed E-state index contributed by atoms with van der Waals surface area (Å²) in [5.74, 6) is 1.32. The zero-order chi connectivity index (χ0) is 24.0. The van der Waals surface area contributed by atoms with Crippen LogP contribution in [-0.4, -0.2) is 47.2 Å². The SMILES string of the molecule is C=CCOC(=O)N1CCC(CNCc2cccc(-c3cccc(-c4nc5ccccc5[nH]4)c3)c2)C1. The van der Waals surface area contributed by atoms with Crippen LogP contribution in [0.5, 0.6) is 0 Å². The van der Waals surface area contributed by atoms with Gasteiger partial charge in [-0.1, -0.05) is 61.2 Å². The highest BCUT2D eigenvalue weighted by atomic mass is 16.6. The minimum atomic E-state index is -0.245. The molecule has 0 aliphatic carbocycles. The quantitative estimate of drug-likeness (QED) is 0.330. The Balaban J connectivity index is 1.20. The van der Waals surface area contributed by atoms with Crippen molar-refractivity contribution in [2.24, 2.45) is 5.92 Å². The second kappa shape index (κ2) is 10.6. The van der Waals surface area contributed by atoms with Gasteiger partial charge in [0.25, 0.3) is 0 Å². The molecular weight excluding hydrogens is 436 g/mol. The molecule has 1 aliphatic heterocycles. The van der Waals surface area contributed by atoms with E-state index in [1.165, 1.54) is 11.1 Å². The fourth-order valence-electron chi connectivity index (χ4n) is 4.60. The number of benzene rings is 3. The van der Waals surface area contributed by atoms with Gasteiger partial charge in [-0.05, 0) is 53.3 Å². The summed E-state index contributed by atoms with van der Waals surface area (Å²) < 4.78 is 5.15. The Kier molecular flexibility index (Phi) is 6.91. The summed E-state index contributed by atoms with van der Waals surface area (Å²) in [5, 5.41) is 3.57. The summed E-state index contributed by atoms with van der Waals surface area (Å²) in [6, 6.07) is 25.2. The fourth-order valence-corrected chi connectivity index (χ4v) is 4.60. The molecule has 1 amide bonds. The van der Waals surface area contributed by atoms with E-state index in [-0.39, 0.29) is 12.7 Å². The van der Waals surface area contributed by atoms with Crippen LogP contribution in [0.4, 0.5) is 4.79 Å². The number of H-pyrrole nitrogens is 1. The molecule has 178 valence electrons. The highest BCUT2D eigenvalue weighted by Gasteiger charge is 2.26. The van der Waals surface area contributed by atoms with Crippen molar-refractivity contribution >= 4 is 17.1 Å². The Labute approximate surface area is 205 Å². The lowest BCUT2D eigenvalue weighted by Crippen LogP contribution is -2.31. The standard InChI is InChI=1S/C29H30N4O2/c1-2-15-35-29(34)33-14-13-22(20-33)19-30-18-21-7-5-8-23(16-21)24-9-6-10-25(17-24)28-31-26-11-3-4-12-27(26)32-28/h2-12,16-17,22,30H,1,13-15,18-20H2,(H,31,32). The summed E-state index contributed by atoms with van der Waals surface area (Å²) in [4.78, 5) is 22.0. The number of aromatic amines is 1. The van der Waals surface area contributed by atoms with Gasteiger partial charge in [0.05, 0.1) is 11.0 Å². The molecule has 4 aromatic rings. The molecule has 35 heavy (non-hydrogen) atoms. The van der Waals surface area contributed by atoms with E-state index in [1.807, 2.05) is 24.3 Å². The number of amides is 1. The molecule has 3 aromatic carbocycles. The summed E-state index contributed by atoms with van der Waals surface area (Å²) in [7, 11) is 0. The number of hydrogen-bond donors (Lipinski definition) is 2. The van der Waals surface area contributed by atoms with E-state index in [0.29, 0.717) is 5.92 Å². The molecule has 2 N–H and O–H groups in total. The number of ether oxygens (including phenoxy) is 1. The second-order valence-corrected chi connectivity index (χ2v) is 8.98. The molecule has 0 spiro atoms. The summed E-state index contributed by atoms with van der Waals surface area (Å²) in [6.45, 7) is 6.99. The smallest absolute Gasteiger partial charge is 0.410 e. The number of hydrogen-bond acceptors (Lipinski definition) is 4. The molecule has 5 rings (SSSR count). The maximum atomic E-state index is 12.0. The van der Waals surface area contributed by atoms with Crippen molar-refractivity contribution in [3.8, 4) is 22.5 Å². The molecular formula is C29H30N4O2. The molecule has 0 radical (unpaired) electrons. The number of carbonyl (C=O) groups excluding carboxylic acids is 1. The number of nitrogens with one attached hydrogen (secondary N) is 2. The predicted octanol–water partition coefficient (Wildman–Crippen LogP) is 5.63.